The van der Waals surface area contributed by atoms with Crippen LogP contribution < -0.4 is 0 Å². The smallest absolute Gasteiger partial charge is 0.186 e. The standard InChI is InChI=1S/C11H14ClNOS/c1-13(6-8-2-3-8)7-9(14)10-4-5-11(12)15-10/h4-5,8H,2-3,6-7H2,1H3. The van der Waals surface area contributed by atoms with Crippen molar-refractivity contribution in [3.63, 3.8) is 0 Å². The molecule has 0 bridgehead atoms. The summed E-state index contributed by atoms with van der Waals surface area (Å²) in [5, 5.41) is 0. The molecule has 0 aliphatic heterocycles. The number of halogens is 1. The number of ketones is 1. The number of Topliss-reactive ketones (excluding diaryl/α,β-unsaturated/α-hetero) is 1. The molecule has 0 spiro atoms. The molecule has 0 N–H and O–H groups in total. The molecule has 2 rings (SSSR count). The highest BCUT2D eigenvalue weighted by Crippen LogP contribution is 2.29. The van der Waals surface area contributed by atoms with Crippen LogP contribution in [0.1, 0.15) is 22.5 Å². The second-order valence-corrected chi connectivity index (χ2v) is 5.88. The van der Waals surface area contributed by atoms with Crippen LogP contribution in [0.2, 0.25) is 4.34 Å². The van der Waals surface area contributed by atoms with Crippen molar-refractivity contribution in [1.29, 1.82) is 0 Å². The van der Waals surface area contributed by atoms with E-state index in [1.807, 2.05) is 7.05 Å². The molecule has 1 heterocycles. The highest BCUT2D eigenvalue weighted by molar-refractivity contribution is 7.18. The average molecular weight is 244 g/mol. The quantitative estimate of drug-likeness (QED) is 0.742. The number of rotatable bonds is 5. The van der Waals surface area contributed by atoms with E-state index in [9.17, 15) is 4.79 Å². The van der Waals surface area contributed by atoms with E-state index in [1.54, 1.807) is 12.1 Å². The van der Waals surface area contributed by atoms with Crippen LogP contribution in [0.3, 0.4) is 0 Å². The summed E-state index contributed by atoms with van der Waals surface area (Å²) in [6.07, 6.45) is 2.65. The van der Waals surface area contributed by atoms with Crippen LogP contribution in [0.4, 0.5) is 0 Å². The molecule has 1 aromatic heterocycles. The minimum Gasteiger partial charge on any atom is -0.299 e. The van der Waals surface area contributed by atoms with Gasteiger partial charge < -0.3 is 0 Å². The molecule has 1 aliphatic rings. The number of hydrogen-bond acceptors (Lipinski definition) is 3. The lowest BCUT2D eigenvalue weighted by Crippen LogP contribution is -2.27. The van der Waals surface area contributed by atoms with Gasteiger partial charge in [0.05, 0.1) is 15.8 Å². The Bertz CT molecular complexity index is 359. The van der Waals surface area contributed by atoms with Crippen molar-refractivity contribution in [3.8, 4) is 0 Å². The van der Waals surface area contributed by atoms with E-state index in [2.05, 4.69) is 4.90 Å². The highest BCUT2D eigenvalue weighted by atomic mass is 35.5. The van der Waals surface area contributed by atoms with Crippen LogP contribution in [-0.4, -0.2) is 30.8 Å². The maximum Gasteiger partial charge on any atom is 0.186 e. The van der Waals surface area contributed by atoms with Gasteiger partial charge in [0.25, 0.3) is 0 Å². The SMILES string of the molecule is CN(CC(=O)c1ccc(Cl)s1)CC1CC1. The maximum absolute atomic E-state index is 11.8. The van der Waals surface area contributed by atoms with Crippen molar-refractivity contribution in [2.75, 3.05) is 20.1 Å². The second-order valence-electron chi connectivity index (χ2n) is 4.17. The third-order valence-electron chi connectivity index (χ3n) is 2.53. The molecule has 0 amide bonds. The lowest BCUT2D eigenvalue weighted by atomic mass is 10.3. The van der Waals surface area contributed by atoms with Crippen LogP contribution in [0.5, 0.6) is 0 Å². The molecule has 4 heteroatoms. The Labute approximate surface area is 98.8 Å². The van der Waals surface area contributed by atoms with Crippen LogP contribution >= 0.6 is 22.9 Å². The molecule has 1 fully saturated rings. The van der Waals surface area contributed by atoms with Gasteiger partial charge in [0.15, 0.2) is 5.78 Å². The molecule has 1 aromatic rings. The van der Waals surface area contributed by atoms with Gasteiger partial charge in [0.1, 0.15) is 0 Å². The number of nitrogens with zero attached hydrogens (tertiary/aromatic N) is 1. The summed E-state index contributed by atoms with van der Waals surface area (Å²) in [6.45, 7) is 1.55. The van der Waals surface area contributed by atoms with Gasteiger partial charge in [-0.25, -0.2) is 0 Å². The van der Waals surface area contributed by atoms with Crippen LogP contribution in [-0.2, 0) is 0 Å². The van der Waals surface area contributed by atoms with Crippen LogP contribution in [0.15, 0.2) is 12.1 Å². The minimum atomic E-state index is 0.176. The van der Waals surface area contributed by atoms with E-state index < -0.39 is 0 Å². The number of likely N-dealkylation sites (N-methyl/N-ethyl adjacent to an activating group) is 1. The summed E-state index contributed by atoms with van der Waals surface area (Å²) in [7, 11) is 2.01. The second kappa shape index (κ2) is 4.64. The molecule has 82 valence electrons. The number of thiophene rings is 1. The van der Waals surface area contributed by atoms with E-state index >= 15 is 0 Å². The van der Waals surface area contributed by atoms with Gasteiger partial charge in [-0.15, -0.1) is 11.3 Å². The molecule has 1 saturated carbocycles. The lowest BCUT2D eigenvalue weighted by molar-refractivity contribution is 0.0948. The van der Waals surface area contributed by atoms with Gasteiger partial charge in [0, 0.05) is 6.54 Å². The van der Waals surface area contributed by atoms with E-state index in [4.69, 9.17) is 11.6 Å². The topological polar surface area (TPSA) is 20.3 Å². The summed E-state index contributed by atoms with van der Waals surface area (Å²) in [5.41, 5.74) is 0. The van der Waals surface area contributed by atoms with Gasteiger partial charge >= 0.3 is 0 Å². The molecule has 0 atom stereocenters. The monoisotopic (exact) mass is 243 g/mol. The molecule has 1 aliphatic carbocycles. The van der Waals surface area contributed by atoms with E-state index in [1.165, 1.54) is 24.2 Å². The Balaban J connectivity index is 1.85. The predicted octanol–water partition coefficient (Wildman–Crippen LogP) is 2.93. The zero-order valence-electron chi connectivity index (χ0n) is 8.70. The first-order chi connectivity index (χ1) is 7.15. The van der Waals surface area contributed by atoms with Gasteiger partial charge in [-0.05, 0) is 37.9 Å². The first-order valence-corrected chi connectivity index (χ1v) is 6.31. The van der Waals surface area contributed by atoms with Gasteiger partial charge in [-0.3, -0.25) is 9.69 Å². The molecule has 15 heavy (non-hydrogen) atoms. The van der Waals surface area contributed by atoms with E-state index in [-0.39, 0.29) is 5.78 Å². The van der Waals surface area contributed by atoms with Gasteiger partial charge in [-0.1, -0.05) is 11.6 Å². The molecular formula is C11H14ClNOS. The summed E-state index contributed by atoms with van der Waals surface area (Å²) >= 11 is 7.15. The Morgan fingerprint density at radius 1 is 1.60 bits per heavy atom. The number of carbonyl (C=O) groups is 1. The Hall–Kier alpha value is -0.380. The number of carbonyl (C=O) groups excluding carboxylic acids is 1. The molecular weight excluding hydrogens is 230 g/mol. The zero-order valence-corrected chi connectivity index (χ0v) is 10.3. The summed E-state index contributed by atoms with van der Waals surface area (Å²) < 4.78 is 0.684. The molecule has 2 nitrogen and oxygen atoms in total. The number of hydrogen-bond donors (Lipinski definition) is 0. The van der Waals surface area contributed by atoms with Crippen molar-refractivity contribution in [1.82, 2.24) is 4.90 Å². The largest absolute Gasteiger partial charge is 0.299 e. The molecule has 0 aromatic carbocycles. The first kappa shape index (κ1) is 11.1. The Morgan fingerprint density at radius 3 is 2.87 bits per heavy atom. The lowest BCUT2D eigenvalue weighted by Gasteiger charge is -2.14. The van der Waals surface area contributed by atoms with E-state index in [0.717, 1.165) is 17.3 Å². The van der Waals surface area contributed by atoms with Crippen molar-refractivity contribution in [2.24, 2.45) is 5.92 Å². The molecule has 0 radical (unpaired) electrons. The Morgan fingerprint density at radius 2 is 2.33 bits per heavy atom. The van der Waals surface area contributed by atoms with Gasteiger partial charge in [0.2, 0.25) is 0 Å². The first-order valence-electron chi connectivity index (χ1n) is 5.12. The Kier molecular flexibility index (Phi) is 3.44. The van der Waals surface area contributed by atoms with Crippen molar-refractivity contribution >= 4 is 28.7 Å². The van der Waals surface area contributed by atoms with Crippen molar-refractivity contribution in [3.05, 3.63) is 21.3 Å². The minimum absolute atomic E-state index is 0.176. The fraction of sp³-hybridized carbons (Fsp3) is 0.545. The molecule has 0 saturated heterocycles. The highest BCUT2D eigenvalue weighted by Gasteiger charge is 2.23. The van der Waals surface area contributed by atoms with Gasteiger partial charge in [-0.2, -0.15) is 0 Å². The van der Waals surface area contributed by atoms with Crippen molar-refractivity contribution < 1.29 is 4.79 Å². The summed E-state index contributed by atoms with van der Waals surface area (Å²) in [5.74, 6) is 1.00. The fourth-order valence-electron chi connectivity index (χ4n) is 1.59. The molecule has 0 unspecified atom stereocenters. The third kappa shape index (κ3) is 3.30. The maximum atomic E-state index is 11.8. The van der Waals surface area contributed by atoms with Crippen LogP contribution in [0, 0.1) is 5.92 Å². The van der Waals surface area contributed by atoms with E-state index in [0.29, 0.717) is 10.9 Å². The summed E-state index contributed by atoms with van der Waals surface area (Å²) in [4.78, 5) is 14.7. The average Bonchev–Trinajstić information content (AvgIpc) is 2.85. The fourth-order valence-corrected chi connectivity index (χ4v) is 2.57. The predicted molar refractivity (Wildman–Crippen MR) is 63.9 cm³/mol. The zero-order chi connectivity index (χ0) is 10.8. The normalized spacial score (nSPS) is 15.9. The van der Waals surface area contributed by atoms with Crippen molar-refractivity contribution in [2.45, 2.75) is 12.8 Å². The summed E-state index contributed by atoms with van der Waals surface area (Å²) in [6, 6.07) is 3.58. The third-order valence-corrected chi connectivity index (χ3v) is 3.80. The van der Waals surface area contributed by atoms with Crippen LogP contribution in [0.25, 0.3) is 0 Å².